The van der Waals surface area contributed by atoms with Gasteiger partial charge in [0.05, 0.1) is 13.1 Å². The van der Waals surface area contributed by atoms with Crippen LogP contribution in [0.4, 0.5) is 0 Å². The molecule has 1 heterocycles. The van der Waals surface area contributed by atoms with E-state index in [0.29, 0.717) is 0 Å². The Kier molecular flexibility index (Phi) is 4.56. The lowest BCUT2D eigenvalue weighted by Gasteiger charge is -2.34. The van der Waals surface area contributed by atoms with Gasteiger partial charge in [0, 0.05) is 0 Å². The van der Waals surface area contributed by atoms with Gasteiger partial charge in [0.2, 0.25) is 0 Å². The Morgan fingerprint density at radius 3 is 1.11 bits per heavy atom. The van der Waals surface area contributed by atoms with Crippen molar-refractivity contribution in [1.82, 2.24) is 4.67 Å². The average Bonchev–Trinajstić information content (AvgIpc) is 3.21. The summed E-state index contributed by atoms with van der Waals surface area (Å²) < 4.78 is 2.73. The van der Waals surface area contributed by atoms with Crippen LogP contribution in [0, 0.1) is 0 Å². The Balaban J connectivity index is 1.79. The molecule has 0 spiro atoms. The van der Waals surface area contributed by atoms with E-state index in [1.54, 1.807) is 0 Å². The Hall–Kier alpha value is -2.73. The van der Waals surface area contributed by atoms with E-state index in [9.17, 15) is 0 Å². The van der Waals surface area contributed by atoms with Crippen molar-refractivity contribution >= 4 is 23.3 Å². The lowest BCUT2D eigenvalue weighted by molar-refractivity contribution is 0.492. The first-order valence-electron chi connectivity index (χ1n) is 9.77. The van der Waals surface area contributed by atoms with Crippen LogP contribution in [0.2, 0.25) is 0 Å². The lowest BCUT2D eigenvalue weighted by Crippen LogP contribution is -2.41. The fourth-order valence-electron chi connectivity index (χ4n) is 4.40. The van der Waals surface area contributed by atoms with E-state index in [1.165, 1.54) is 27.0 Å². The van der Waals surface area contributed by atoms with Crippen LogP contribution < -0.4 is 15.9 Å². The molecule has 28 heavy (non-hydrogen) atoms. The summed E-state index contributed by atoms with van der Waals surface area (Å²) >= 11 is 0. The normalized spacial score (nSPS) is 14.0. The zero-order chi connectivity index (χ0) is 18.8. The first-order valence-corrected chi connectivity index (χ1v) is 11.5. The second kappa shape index (κ2) is 7.36. The number of hydrogen-bond acceptors (Lipinski definition) is 1. The molecule has 5 rings (SSSR count). The molecule has 2 heteroatoms. The van der Waals surface area contributed by atoms with Gasteiger partial charge in [0.1, 0.15) is 15.9 Å². The van der Waals surface area contributed by atoms with Crippen LogP contribution in [0.15, 0.2) is 115 Å². The SMILES string of the molecule is c1ccc([P+](c2ccccc2)(c2ccccc2)N2Cc3ccccc3C2)cc1. The zero-order valence-electron chi connectivity index (χ0n) is 15.8. The third-order valence-electron chi connectivity index (χ3n) is 5.64. The second-order valence-electron chi connectivity index (χ2n) is 7.23. The standard InChI is InChI=1S/C26H23NP/c1-4-14-24(15-5-1)28(25-16-6-2-7-17-25,26-18-8-3-9-19-26)27-20-22-12-10-11-13-23(22)21-27/h1-19H,20-21H2/q+1. The molecule has 0 aliphatic carbocycles. The van der Waals surface area contributed by atoms with E-state index in [4.69, 9.17) is 0 Å². The zero-order valence-corrected chi connectivity index (χ0v) is 16.7. The van der Waals surface area contributed by atoms with E-state index in [0.717, 1.165) is 13.1 Å². The summed E-state index contributed by atoms with van der Waals surface area (Å²) in [6.07, 6.45) is 0. The third kappa shape index (κ3) is 2.79. The van der Waals surface area contributed by atoms with Gasteiger partial charge in [-0.15, -0.1) is 0 Å². The van der Waals surface area contributed by atoms with Gasteiger partial charge in [-0.3, -0.25) is 0 Å². The number of hydrogen-bond donors (Lipinski definition) is 0. The molecule has 0 unspecified atom stereocenters. The minimum atomic E-state index is -1.95. The van der Waals surface area contributed by atoms with Crippen molar-refractivity contribution in [2.24, 2.45) is 0 Å². The van der Waals surface area contributed by atoms with Gasteiger partial charge in [-0.25, -0.2) is 0 Å². The number of rotatable bonds is 4. The summed E-state index contributed by atoms with van der Waals surface area (Å²) in [5.74, 6) is 0. The van der Waals surface area contributed by atoms with Crippen molar-refractivity contribution in [3.8, 4) is 0 Å². The molecule has 0 radical (unpaired) electrons. The molecule has 0 saturated heterocycles. The fourth-order valence-corrected chi connectivity index (χ4v) is 8.81. The average molecular weight is 380 g/mol. The van der Waals surface area contributed by atoms with Crippen LogP contribution in [0.5, 0.6) is 0 Å². The molecule has 0 fully saturated rings. The van der Waals surface area contributed by atoms with E-state index < -0.39 is 7.41 Å². The predicted molar refractivity (Wildman–Crippen MR) is 121 cm³/mol. The Morgan fingerprint density at radius 1 is 0.429 bits per heavy atom. The van der Waals surface area contributed by atoms with E-state index in [1.807, 2.05) is 0 Å². The molecule has 1 aliphatic heterocycles. The van der Waals surface area contributed by atoms with Crippen molar-refractivity contribution < 1.29 is 0 Å². The minimum Gasteiger partial charge on any atom is -0.157 e. The smallest absolute Gasteiger partial charge is 0.157 e. The molecule has 136 valence electrons. The molecule has 1 aliphatic rings. The van der Waals surface area contributed by atoms with Crippen LogP contribution in [0.3, 0.4) is 0 Å². The van der Waals surface area contributed by atoms with Gasteiger partial charge < -0.3 is 0 Å². The number of nitrogens with zero attached hydrogens (tertiary/aromatic N) is 1. The molecule has 4 aromatic carbocycles. The molecule has 0 saturated carbocycles. The van der Waals surface area contributed by atoms with Crippen LogP contribution >= 0.6 is 7.41 Å². The van der Waals surface area contributed by atoms with Crippen LogP contribution in [0.25, 0.3) is 0 Å². The summed E-state index contributed by atoms with van der Waals surface area (Å²) in [4.78, 5) is 0. The van der Waals surface area contributed by atoms with Crippen molar-refractivity contribution in [1.29, 1.82) is 0 Å². The van der Waals surface area contributed by atoms with Crippen LogP contribution in [0.1, 0.15) is 11.1 Å². The largest absolute Gasteiger partial charge is 0.181 e. The molecular formula is C26H23NP+. The maximum absolute atomic E-state index is 2.73. The minimum absolute atomic E-state index is 0.989. The maximum atomic E-state index is 2.73. The highest BCUT2D eigenvalue weighted by molar-refractivity contribution is 7.93. The maximum Gasteiger partial charge on any atom is 0.181 e. The first kappa shape index (κ1) is 17.4. The highest BCUT2D eigenvalue weighted by Gasteiger charge is 2.53. The predicted octanol–water partition coefficient (Wildman–Crippen LogP) is 4.91. The van der Waals surface area contributed by atoms with Crippen molar-refractivity contribution in [3.05, 3.63) is 126 Å². The first-order chi connectivity index (χ1) is 13.9. The van der Waals surface area contributed by atoms with E-state index >= 15 is 0 Å². The summed E-state index contributed by atoms with van der Waals surface area (Å²) in [5, 5.41) is 4.25. The van der Waals surface area contributed by atoms with Gasteiger partial charge in [0.15, 0.2) is 7.41 Å². The van der Waals surface area contributed by atoms with Crippen LogP contribution in [-0.2, 0) is 13.1 Å². The Bertz CT molecular complexity index is 939. The topological polar surface area (TPSA) is 3.24 Å². The van der Waals surface area contributed by atoms with Gasteiger partial charge in [-0.05, 0) is 47.5 Å². The Morgan fingerprint density at radius 2 is 0.750 bits per heavy atom. The van der Waals surface area contributed by atoms with Crippen LogP contribution in [-0.4, -0.2) is 4.67 Å². The molecule has 1 nitrogen and oxygen atoms in total. The number of fused-ring (bicyclic) bond motifs is 1. The summed E-state index contributed by atoms with van der Waals surface area (Å²) in [6, 6.07) is 42.2. The molecule has 0 aromatic heterocycles. The molecule has 0 atom stereocenters. The molecule has 4 aromatic rings. The van der Waals surface area contributed by atoms with Gasteiger partial charge >= 0.3 is 0 Å². The molecule has 0 N–H and O–H groups in total. The monoisotopic (exact) mass is 380 g/mol. The quantitative estimate of drug-likeness (QED) is 0.455. The van der Waals surface area contributed by atoms with Crippen molar-refractivity contribution in [2.75, 3.05) is 0 Å². The second-order valence-corrected chi connectivity index (χ2v) is 10.6. The molecule has 0 bridgehead atoms. The Labute approximate surface area is 167 Å². The van der Waals surface area contributed by atoms with Gasteiger partial charge in [-0.2, -0.15) is 4.67 Å². The highest BCUT2D eigenvalue weighted by atomic mass is 31.2. The number of benzene rings is 4. The lowest BCUT2D eigenvalue weighted by atomic mass is 10.1. The van der Waals surface area contributed by atoms with E-state index in [2.05, 4.69) is 120 Å². The third-order valence-corrected chi connectivity index (χ3v) is 9.91. The van der Waals surface area contributed by atoms with Gasteiger partial charge in [0.25, 0.3) is 0 Å². The van der Waals surface area contributed by atoms with Crippen molar-refractivity contribution in [2.45, 2.75) is 13.1 Å². The fraction of sp³-hybridized carbons (Fsp3) is 0.0769. The molecule has 0 amide bonds. The summed E-state index contributed by atoms with van der Waals surface area (Å²) in [6.45, 7) is 1.98. The van der Waals surface area contributed by atoms with E-state index in [-0.39, 0.29) is 0 Å². The summed E-state index contributed by atoms with van der Waals surface area (Å²) in [7, 11) is -1.95. The van der Waals surface area contributed by atoms with Gasteiger partial charge in [-0.1, -0.05) is 78.9 Å². The summed E-state index contributed by atoms with van der Waals surface area (Å²) in [5.41, 5.74) is 2.91. The van der Waals surface area contributed by atoms with Crippen molar-refractivity contribution in [3.63, 3.8) is 0 Å². The molecular weight excluding hydrogens is 357 g/mol. The highest BCUT2D eigenvalue weighted by Crippen LogP contribution is 2.61.